The zero-order valence-corrected chi connectivity index (χ0v) is 19.7. The molecular formula is C24H31N5O5. The number of nitrogens with one attached hydrogen (secondary N) is 1. The van der Waals surface area contributed by atoms with Crippen molar-refractivity contribution in [3.05, 3.63) is 62.7 Å². The Bertz CT molecular complexity index is 1320. The maximum Gasteiger partial charge on any atom is 0.328 e. The van der Waals surface area contributed by atoms with Crippen molar-refractivity contribution in [1.82, 2.24) is 24.0 Å². The molecule has 0 bridgehead atoms. The first kappa shape index (κ1) is 23.9. The molecule has 0 saturated carbocycles. The van der Waals surface area contributed by atoms with Crippen molar-refractivity contribution >= 4 is 16.9 Å². The van der Waals surface area contributed by atoms with Gasteiger partial charge in [-0.3, -0.25) is 19.1 Å². The number of benzene rings is 1. The highest BCUT2D eigenvalue weighted by Crippen LogP contribution is 2.31. The second-order valence-corrected chi connectivity index (χ2v) is 9.28. The number of fused-ring (bicyclic) bond motifs is 1. The molecule has 1 aromatic carbocycles. The molecule has 1 aliphatic heterocycles. The lowest BCUT2D eigenvalue weighted by Gasteiger charge is -2.34. The monoisotopic (exact) mass is 469 g/mol. The molecule has 10 heteroatoms. The summed E-state index contributed by atoms with van der Waals surface area (Å²) in [4.78, 5) is 46.0. The number of rotatable bonds is 5. The van der Waals surface area contributed by atoms with Gasteiger partial charge >= 0.3 is 5.69 Å². The Morgan fingerprint density at radius 1 is 1.26 bits per heavy atom. The van der Waals surface area contributed by atoms with Crippen LogP contribution in [0.15, 0.2) is 40.1 Å². The quantitative estimate of drug-likeness (QED) is 0.505. The van der Waals surface area contributed by atoms with Gasteiger partial charge in [-0.1, -0.05) is 19.1 Å². The normalized spacial score (nSPS) is 23.3. The number of para-hydroxylation sites is 2. The average Bonchev–Trinajstić information content (AvgIpc) is 3.08. The largest absolute Gasteiger partial charge is 0.391 e. The zero-order chi connectivity index (χ0) is 24.6. The highest BCUT2D eigenvalue weighted by atomic mass is 16.3. The maximum atomic E-state index is 13.3. The van der Waals surface area contributed by atoms with Crippen molar-refractivity contribution in [2.45, 2.75) is 64.3 Å². The molecule has 1 saturated heterocycles. The van der Waals surface area contributed by atoms with Gasteiger partial charge in [0.15, 0.2) is 0 Å². The van der Waals surface area contributed by atoms with E-state index in [1.165, 1.54) is 22.6 Å². The Balaban J connectivity index is 1.60. The summed E-state index contributed by atoms with van der Waals surface area (Å²) in [7, 11) is 0. The number of aromatic amines is 1. The standard InChI is InChI=1S/C24H31N5O5/c1-4-20-25-17-7-5-6-8-18(17)28(20)10-9-21(31)27-13-16(30)11-24(3,34)19(14-27)29-12-15(2)22(32)26-23(29)33/h5-8,12,16,19,30,34H,4,9-11,13-14H2,1-3H3,(H,26,32,33)/t16-,19+,24+/m1/s1. The first-order valence-electron chi connectivity index (χ1n) is 11.5. The third-order valence-electron chi connectivity index (χ3n) is 6.62. The maximum absolute atomic E-state index is 13.3. The number of aryl methyl sites for hydroxylation is 3. The minimum absolute atomic E-state index is 0.0157. The summed E-state index contributed by atoms with van der Waals surface area (Å²) >= 11 is 0. The Morgan fingerprint density at radius 3 is 2.74 bits per heavy atom. The fourth-order valence-electron chi connectivity index (χ4n) is 4.83. The van der Waals surface area contributed by atoms with Crippen molar-refractivity contribution in [1.29, 1.82) is 0 Å². The number of nitrogens with zero attached hydrogens (tertiary/aromatic N) is 4. The van der Waals surface area contributed by atoms with Crippen LogP contribution in [0.2, 0.25) is 0 Å². The first-order valence-corrected chi connectivity index (χ1v) is 11.5. The second kappa shape index (κ2) is 9.19. The Kier molecular flexibility index (Phi) is 6.46. The average molecular weight is 470 g/mol. The lowest BCUT2D eigenvalue weighted by molar-refractivity contribution is -0.133. The molecule has 2 aromatic heterocycles. The van der Waals surface area contributed by atoms with E-state index in [1.807, 2.05) is 35.8 Å². The van der Waals surface area contributed by atoms with Crippen LogP contribution in [0.4, 0.5) is 0 Å². The molecule has 3 aromatic rings. The van der Waals surface area contributed by atoms with E-state index < -0.39 is 29.0 Å². The van der Waals surface area contributed by atoms with Gasteiger partial charge in [0.2, 0.25) is 5.91 Å². The van der Waals surface area contributed by atoms with Gasteiger partial charge in [0, 0.05) is 50.7 Å². The summed E-state index contributed by atoms with van der Waals surface area (Å²) in [6.45, 7) is 5.62. The van der Waals surface area contributed by atoms with Crippen LogP contribution in [0.1, 0.15) is 44.1 Å². The molecule has 0 unspecified atom stereocenters. The molecule has 1 fully saturated rings. The minimum Gasteiger partial charge on any atom is -0.391 e. The van der Waals surface area contributed by atoms with Crippen LogP contribution < -0.4 is 11.2 Å². The third kappa shape index (κ3) is 4.55. The summed E-state index contributed by atoms with van der Waals surface area (Å²) in [6.07, 6.45) is 1.33. The summed E-state index contributed by atoms with van der Waals surface area (Å²) in [5.74, 6) is 0.691. The minimum atomic E-state index is -1.47. The number of β-amino-alcohol motifs (C(OH)–C–C–N with tert-alkyl or cyclic N) is 1. The fraction of sp³-hybridized carbons (Fsp3) is 0.500. The molecule has 1 aliphatic rings. The van der Waals surface area contributed by atoms with Gasteiger partial charge in [-0.2, -0.15) is 0 Å². The highest BCUT2D eigenvalue weighted by Gasteiger charge is 2.41. The van der Waals surface area contributed by atoms with E-state index in [9.17, 15) is 24.6 Å². The molecule has 3 heterocycles. The van der Waals surface area contributed by atoms with E-state index in [1.54, 1.807) is 6.92 Å². The molecule has 182 valence electrons. The molecule has 0 spiro atoms. The van der Waals surface area contributed by atoms with Crippen molar-refractivity contribution in [3.63, 3.8) is 0 Å². The van der Waals surface area contributed by atoms with E-state index in [2.05, 4.69) is 9.97 Å². The molecule has 3 N–H and O–H groups in total. The van der Waals surface area contributed by atoms with Crippen molar-refractivity contribution in [2.75, 3.05) is 13.1 Å². The lowest BCUT2D eigenvalue weighted by Crippen LogP contribution is -2.47. The van der Waals surface area contributed by atoms with Gasteiger partial charge in [0.25, 0.3) is 5.56 Å². The predicted molar refractivity (Wildman–Crippen MR) is 127 cm³/mol. The Hall–Kier alpha value is -3.24. The number of likely N-dealkylation sites (tertiary alicyclic amines) is 1. The fourth-order valence-corrected chi connectivity index (χ4v) is 4.83. The first-order chi connectivity index (χ1) is 16.1. The summed E-state index contributed by atoms with van der Waals surface area (Å²) in [6, 6.07) is 6.93. The van der Waals surface area contributed by atoms with Crippen molar-refractivity contribution in [2.24, 2.45) is 0 Å². The van der Waals surface area contributed by atoms with Gasteiger partial charge in [-0.05, 0) is 26.0 Å². The molecule has 34 heavy (non-hydrogen) atoms. The van der Waals surface area contributed by atoms with Crippen LogP contribution in [0.3, 0.4) is 0 Å². The van der Waals surface area contributed by atoms with E-state index in [0.29, 0.717) is 12.1 Å². The van der Waals surface area contributed by atoms with Crippen LogP contribution in [-0.2, 0) is 17.8 Å². The molecule has 0 aliphatic carbocycles. The van der Waals surface area contributed by atoms with E-state index in [-0.39, 0.29) is 31.8 Å². The number of carbonyl (C=O) groups is 1. The number of H-pyrrole nitrogens is 1. The van der Waals surface area contributed by atoms with Crippen LogP contribution >= 0.6 is 0 Å². The van der Waals surface area contributed by atoms with Crippen LogP contribution in [0.25, 0.3) is 11.0 Å². The number of hydrogen-bond donors (Lipinski definition) is 3. The smallest absolute Gasteiger partial charge is 0.328 e. The third-order valence-corrected chi connectivity index (χ3v) is 6.62. The molecule has 3 atom stereocenters. The van der Waals surface area contributed by atoms with Crippen molar-refractivity contribution in [3.8, 4) is 0 Å². The number of amides is 1. The predicted octanol–water partition coefficient (Wildman–Crippen LogP) is 0.733. The highest BCUT2D eigenvalue weighted by molar-refractivity contribution is 5.78. The topological polar surface area (TPSA) is 133 Å². The number of aliphatic hydroxyl groups is 2. The van der Waals surface area contributed by atoms with E-state index in [0.717, 1.165) is 23.3 Å². The molecule has 1 amide bonds. The van der Waals surface area contributed by atoms with Gasteiger partial charge < -0.3 is 19.7 Å². The zero-order valence-electron chi connectivity index (χ0n) is 19.7. The Labute approximate surface area is 196 Å². The molecule has 0 radical (unpaired) electrons. The van der Waals surface area contributed by atoms with Crippen LogP contribution in [-0.4, -0.2) is 64.9 Å². The molecule has 4 rings (SSSR count). The lowest BCUT2D eigenvalue weighted by atomic mass is 9.91. The van der Waals surface area contributed by atoms with Crippen LogP contribution in [0, 0.1) is 6.92 Å². The van der Waals surface area contributed by atoms with Gasteiger partial charge in [-0.15, -0.1) is 0 Å². The van der Waals surface area contributed by atoms with E-state index >= 15 is 0 Å². The van der Waals surface area contributed by atoms with Crippen LogP contribution in [0.5, 0.6) is 0 Å². The van der Waals surface area contributed by atoms with Gasteiger partial charge in [0.1, 0.15) is 5.82 Å². The molecule has 10 nitrogen and oxygen atoms in total. The summed E-state index contributed by atoms with van der Waals surface area (Å²) < 4.78 is 3.29. The summed E-state index contributed by atoms with van der Waals surface area (Å²) in [5.41, 5.74) is -0.486. The number of imidazole rings is 1. The number of hydrogen-bond acceptors (Lipinski definition) is 6. The number of aromatic nitrogens is 4. The number of carbonyl (C=O) groups excluding carboxylic acids is 1. The van der Waals surface area contributed by atoms with Gasteiger partial charge in [-0.25, -0.2) is 9.78 Å². The van der Waals surface area contributed by atoms with Crippen molar-refractivity contribution < 1.29 is 15.0 Å². The number of aliphatic hydroxyl groups excluding tert-OH is 1. The summed E-state index contributed by atoms with van der Waals surface area (Å²) in [5, 5.41) is 21.7. The molecular weight excluding hydrogens is 438 g/mol. The van der Waals surface area contributed by atoms with Gasteiger partial charge in [0.05, 0.1) is 28.8 Å². The second-order valence-electron chi connectivity index (χ2n) is 9.28. The SMILES string of the molecule is CCc1nc2ccccc2n1CCC(=O)N1C[C@H](O)C[C@](C)(O)[C@@H](n2cc(C)c(=O)[nH]c2=O)C1. The Morgan fingerprint density at radius 2 is 2.00 bits per heavy atom. The van der Waals surface area contributed by atoms with E-state index in [4.69, 9.17) is 0 Å².